The summed E-state index contributed by atoms with van der Waals surface area (Å²) in [6.07, 6.45) is 0. The van der Waals surface area contributed by atoms with Crippen molar-refractivity contribution in [3.8, 4) is 11.5 Å². The van der Waals surface area contributed by atoms with Gasteiger partial charge < -0.3 is 14.8 Å². The molecule has 4 heteroatoms. The SMILES string of the molecule is CCNC(c1ccc2c(c1)OCO2)c1ccc(C)s1. The van der Waals surface area contributed by atoms with Crippen molar-refractivity contribution < 1.29 is 9.47 Å². The molecule has 2 aromatic rings. The molecule has 0 saturated carbocycles. The van der Waals surface area contributed by atoms with Crippen molar-refractivity contribution in [3.05, 3.63) is 45.6 Å². The molecule has 1 aromatic heterocycles. The van der Waals surface area contributed by atoms with E-state index in [2.05, 4.69) is 43.4 Å². The van der Waals surface area contributed by atoms with Gasteiger partial charge in [0, 0.05) is 9.75 Å². The first-order valence-electron chi connectivity index (χ1n) is 6.47. The Bertz CT molecular complexity index is 579. The van der Waals surface area contributed by atoms with E-state index < -0.39 is 0 Å². The van der Waals surface area contributed by atoms with Crippen LogP contribution < -0.4 is 14.8 Å². The molecule has 0 fully saturated rings. The van der Waals surface area contributed by atoms with Crippen LogP contribution in [0.3, 0.4) is 0 Å². The Balaban J connectivity index is 1.95. The lowest BCUT2D eigenvalue weighted by atomic mass is 10.0. The van der Waals surface area contributed by atoms with E-state index in [1.54, 1.807) is 0 Å². The van der Waals surface area contributed by atoms with Crippen molar-refractivity contribution in [2.24, 2.45) is 0 Å². The number of thiophene rings is 1. The summed E-state index contributed by atoms with van der Waals surface area (Å²) >= 11 is 1.83. The second-order valence-corrected chi connectivity index (χ2v) is 5.87. The second-order valence-electron chi connectivity index (χ2n) is 4.55. The third-order valence-electron chi connectivity index (χ3n) is 3.18. The van der Waals surface area contributed by atoms with E-state index in [4.69, 9.17) is 9.47 Å². The molecule has 0 saturated heterocycles. The van der Waals surface area contributed by atoms with Gasteiger partial charge in [0.05, 0.1) is 6.04 Å². The number of fused-ring (bicyclic) bond motifs is 1. The first-order chi connectivity index (χ1) is 9.28. The van der Waals surface area contributed by atoms with Gasteiger partial charge in [-0.3, -0.25) is 0 Å². The third-order valence-corrected chi connectivity index (χ3v) is 4.25. The van der Waals surface area contributed by atoms with Crippen molar-refractivity contribution in [2.75, 3.05) is 13.3 Å². The zero-order valence-electron chi connectivity index (χ0n) is 11.1. The smallest absolute Gasteiger partial charge is 0.231 e. The van der Waals surface area contributed by atoms with Gasteiger partial charge >= 0.3 is 0 Å². The summed E-state index contributed by atoms with van der Waals surface area (Å²) in [5.74, 6) is 1.68. The second kappa shape index (κ2) is 5.23. The van der Waals surface area contributed by atoms with Crippen LogP contribution in [0.15, 0.2) is 30.3 Å². The zero-order chi connectivity index (χ0) is 13.2. The maximum Gasteiger partial charge on any atom is 0.231 e. The number of nitrogens with one attached hydrogen (secondary N) is 1. The van der Waals surface area contributed by atoms with Crippen LogP contribution in [0.2, 0.25) is 0 Å². The van der Waals surface area contributed by atoms with Gasteiger partial charge in [-0.15, -0.1) is 11.3 Å². The largest absolute Gasteiger partial charge is 0.454 e. The molecule has 1 atom stereocenters. The molecule has 0 radical (unpaired) electrons. The molecule has 1 aromatic carbocycles. The fourth-order valence-corrected chi connectivity index (χ4v) is 3.27. The van der Waals surface area contributed by atoms with Crippen LogP contribution in [0.1, 0.15) is 28.3 Å². The predicted molar refractivity (Wildman–Crippen MR) is 77.1 cm³/mol. The van der Waals surface area contributed by atoms with Crippen LogP contribution in [-0.2, 0) is 0 Å². The third kappa shape index (κ3) is 2.46. The van der Waals surface area contributed by atoms with Crippen molar-refractivity contribution in [1.82, 2.24) is 5.32 Å². The Morgan fingerprint density at radius 2 is 2.05 bits per heavy atom. The summed E-state index contributed by atoms with van der Waals surface area (Å²) < 4.78 is 10.8. The number of hydrogen-bond acceptors (Lipinski definition) is 4. The molecule has 0 amide bonds. The van der Waals surface area contributed by atoms with E-state index in [1.165, 1.54) is 15.3 Å². The fourth-order valence-electron chi connectivity index (χ4n) is 2.29. The number of hydrogen-bond donors (Lipinski definition) is 1. The van der Waals surface area contributed by atoms with Gasteiger partial charge in [-0.1, -0.05) is 13.0 Å². The van der Waals surface area contributed by atoms with Gasteiger partial charge in [0.2, 0.25) is 6.79 Å². The highest BCUT2D eigenvalue weighted by Gasteiger charge is 2.19. The Morgan fingerprint density at radius 1 is 1.21 bits per heavy atom. The van der Waals surface area contributed by atoms with E-state index in [0.29, 0.717) is 6.79 Å². The monoisotopic (exact) mass is 275 g/mol. The number of ether oxygens (including phenoxy) is 2. The molecule has 100 valence electrons. The van der Waals surface area contributed by atoms with Crippen molar-refractivity contribution in [3.63, 3.8) is 0 Å². The van der Waals surface area contributed by atoms with Crippen molar-refractivity contribution in [2.45, 2.75) is 19.9 Å². The van der Waals surface area contributed by atoms with E-state index >= 15 is 0 Å². The molecule has 1 N–H and O–H groups in total. The van der Waals surface area contributed by atoms with Crippen LogP contribution in [-0.4, -0.2) is 13.3 Å². The van der Waals surface area contributed by atoms with Crippen LogP contribution >= 0.6 is 11.3 Å². The lowest BCUT2D eigenvalue weighted by Crippen LogP contribution is -2.20. The topological polar surface area (TPSA) is 30.5 Å². The summed E-state index contributed by atoms with van der Waals surface area (Å²) in [5.41, 5.74) is 1.22. The lowest BCUT2D eigenvalue weighted by molar-refractivity contribution is 0.174. The molecule has 3 rings (SSSR count). The minimum atomic E-state index is 0.221. The Hall–Kier alpha value is -1.52. The lowest BCUT2D eigenvalue weighted by Gasteiger charge is -2.17. The van der Waals surface area contributed by atoms with E-state index in [1.807, 2.05) is 17.4 Å². The molecule has 1 aliphatic heterocycles. The highest BCUT2D eigenvalue weighted by molar-refractivity contribution is 7.12. The quantitative estimate of drug-likeness (QED) is 0.926. The van der Waals surface area contributed by atoms with Gasteiger partial charge in [0.1, 0.15) is 0 Å². The van der Waals surface area contributed by atoms with Crippen molar-refractivity contribution >= 4 is 11.3 Å². The predicted octanol–water partition coefficient (Wildman–Crippen LogP) is 3.48. The van der Waals surface area contributed by atoms with E-state index in [-0.39, 0.29) is 6.04 Å². The normalized spacial score (nSPS) is 14.6. The van der Waals surface area contributed by atoms with Crippen LogP contribution in [0.5, 0.6) is 11.5 Å². The molecule has 3 nitrogen and oxygen atoms in total. The first-order valence-corrected chi connectivity index (χ1v) is 7.29. The average Bonchev–Trinajstić information content (AvgIpc) is 3.03. The average molecular weight is 275 g/mol. The van der Waals surface area contributed by atoms with Crippen LogP contribution in [0.4, 0.5) is 0 Å². The summed E-state index contributed by atoms with van der Waals surface area (Å²) in [7, 11) is 0. The van der Waals surface area contributed by atoms with Gasteiger partial charge in [0.15, 0.2) is 11.5 Å². The Labute approximate surface area is 117 Å². The maximum absolute atomic E-state index is 5.46. The maximum atomic E-state index is 5.46. The molecule has 0 bridgehead atoms. The van der Waals surface area contributed by atoms with Gasteiger partial charge in [-0.2, -0.15) is 0 Å². The minimum Gasteiger partial charge on any atom is -0.454 e. The minimum absolute atomic E-state index is 0.221. The standard InChI is InChI=1S/C15H17NO2S/c1-3-16-15(14-7-4-10(2)19-14)11-5-6-12-13(8-11)18-9-17-12/h4-8,15-16H,3,9H2,1-2H3. The van der Waals surface area contributed by atoms with Gasteiger partial charge in [-0.05, 0) is 43.3 Å². The molecule has 1 aliphatic rings. The van der Waals surface area contributed by atoms with E-state index in [0.717, 1.165) is 18.0 Å². The number of rotatable bonds is 4. The molecule has 19 heavy (non-hydrogen) atoms. The van der Waals surface area contributed by atoms with Gasteiger partial charge in [0.25, 0.3) is 0 Å². The molecule has 2 heterocycles. The van der Waals surface area contributed by atoms with Crippen LogP contribution in [0, 0.1) is 6.92 Å². The fraction of sp³-hybridized carbons (Fsp3) is 0.333. The molecule has 1 unspecified atom stereocenters. The molecule has 0 spiro atoms. The van der Waals surface area contributed by atoms with E-state index in [9.17, 15) is 0 Å². The summed E-state index contributed by atoms with van der Waals surface area (Å²) in [6, 6.07) is 10.7. The Kier molecular flexibility index (Phi) is 3.44. The summed E-state index contributed by atoms with van der Waals surface area (Å²) in [4.78, 5) is 2.66. The van der Waals surface area contributed by atoms with Gasteiger partial charge in [-0.25, -0.2) is 0 Å². The Morgan fingerprint density at radius 3 is 2.79 bits per heavy atom. The number of benzene rings is 1. The van der Waals surface area contributed by atoms with Crippen LogP contribution in [0.25, 0.3) is 0 Å². The van der Waals surface area contributed by atoms with Crippen molar-refractivity contribution in [1.29, 1.82) is 0 Å². The summed E-state index contributed by atoms with van der Waals surface area (Å²) in [5, 5.41) is 3.53. The molecular weight excluding hydrogens is 258 g/mol. The molecule has 0 aliphatic carbocycles. The highest BCUT2D eigenvalue weighted by atomic mass is 32.1. The zero-order valence-corrected chi connectivity index (χ0v) is 11.9. The summed E-state index contributed by atoms with van der Waals surface area (Å²) in [6.45, 7) is 5.51. The first kappa shape index (κ1) is 12.5. The number of aryl methyl sites for hydroxylation is 1. The molecular formula is C15H17NO2S. The highest BCUT2D eigenvalue weighted by Crippen LogP contribution is 2.36.